The van der Waals surface area contributed by atoms with Crippen LogP contribution in [0.3, 0.4) is 0 Å². The number of aliphatic imine (C=N–C) groups is 1. The van der Waals surface area contributed by atoms with Crippen molar-refractivity contribution in [2.75, 3.05) is 20.6 Å². The summed E-state index contributed by atoms with van der Waals surface area (Å²) in [6.45, 7) is 3.89. The van der Waals surface area contributed by atoms with Gasteiger partial charge in [-0.3, -0.25) is 9.79 Å². The zero-order valence-electron chi connectivity index (χ0n) is 15.4. The molecule has 138 valence electrons. The molecule has 0 radical (unpaired) electrons. The van der Waals surface area contributed by atoms with Crippen LogP contribution in [0, 0.1) is 0 Å². The monoisotopic (exact) mass is 416 g/mol. The molecule has 0 bridgehead atoms. The largest absolute Gasteiger partial charge is 0.352 e. The van der Waals surface area contributed by atoms with E-state index >= 15 is 0 Å². The summed E-state index contributed by atoms with van der Waals surface area (Å²) in [5.41, 5.74) is 2.91. The van der Waals surface area contributed by atoms with E-state index < -0.39 is 0 Å². The van der Waals surface area contributed by atoms with E-state index in [0.29, 0.717) is 18.7 Å². The van der Waals surface area contributed by atoms with Crippen LogP contribution in [0.15, 0.2) is 58.0 Å². The Labute approximate surface area is 163 Å². The van der Waals surface area contributed by atoms with Crippen molar-refractivity contribution < 1.29 is 4.79 Å². The van der Waals surface area contributed by atoms with E-state index in [1.54, 1.807) is 7.05 Å². The third-order valence-electron chi connectivity index (χ3n) is 3.88. The quantitative estimate of drug-likeness (QED) is 0.560. The standard InChI is InChI=1S/C20H25BrN4O/c1-4-23-19(26)17-7-5-6-16(12-17)13-24-20(22-2)25(3)14-15-8-10-18(21)11-9-15/h5-12H,4,13-14H2,1-3H3,(H,22,24)(H,23,26). The molecule has 0 aliphatic rings. The van der Waals surface area contributed by atoms with Crippen LogP contribution in [0.4, 0.5) is 0 Å². The molecule has 2 aromatic rings. The summed E-state index contributed by atoms with van der Waals surface area (Å²) in [5, 5.41) is 6.17. The highest BCUT2D eigenvalue weighted by molar-refractivity contribution is 9.10. The number of nitrogens with zero attached hydrogens (tertiary/aromatic N) is 2. The Balaban J connectivity index is 1.97. The zero-order chi connectivity index (χ0) is 18.9. The van der Waals surface area contributed by atoms with Crippen LogP contribution in [0.25, 0.3) is 0 Å². The Hall–Kier alpha value is -2.34. The molecule has 0 aromatic heterocycles. The van der Waals surface area contributed by atoms with E-state index in [1.165, 1.54) is 5.56 Å². The second-order valence-corrected chi connectivity index (χ2v) is 6.86. The number of rotatable bonds is 6. The van der Waals surface area contributed by atoms with Gasteiger partial charge in [0.25, 0.3) is 5.91 Å². The lowest BCUT2D eigenvalue weighted by Crippen LogP contribution is -2.38. The van der Waals surface area contributed by atoms with E-state index in [9.17, 15) is 4.79 Å². The second kappa shape index (κ2) is 9.97. The number of amides is 1. The lowest BCUT2D eigenvalue weighted by molar-refractivity contribution is 0.0955. The SMILES string of the molecule is CCNC(=O)c1cccc(CNC(=NC)N(C)Cc2ccc(Br)cc2)c1. The van der Waals surface area contributed by atoms with Gasteiger partial charge in [-0.25, -0.2) is 0 Å². The van der Waals surface area contributed by atoms with Crippen molar-refractivity contribution in [2.24, 2.45) is 4.99 Å². The third kappa shape index (κ3) is 5.88. The van der Waals surface area contributed by atoms with Crippen molar-refractivity contribution in [3.63, 3.8) is 0 Å². The molecule has 0 saturated heterocycles. The molecule has 2 aromatic carbocycles. The van der Waals surface area contributed by atoms with Crippen LogP contribution < -0.4 is 10.6 Å². The number of carbonyl (C=O) groups excluding carboxylic acids is 1. The first kappa shape index (κ1) is 20.0. The predicted molar refractivity (Wildman–Crippen MR) is 110 cm³/mol. The van der Waals surface area contributed by atoms with Gasteiger partial charge in [0.2, 0.25) is 0 Å². The molecule has 0 atom stereocenters. The highest BCUT2D eigenvalue weighted by Gasteiger charge is 2.08. The minimum absolute atomic E-state index is 0.0499. The smallest absolute Gasteiger partial charge is 0.251 e. The van der Waals surface area contributed by atoms with E-state index in [2.05, 4.69) is 48.6 Å². The summed E-state index contributed by atoms with van der Waals surface area (Å²) in [5.74, 6) is 0.752. The van der Waals surface area contributed by atoms with Crippen molar-refractivity contribution >= 4 is 27.8 Å². The number of halogens is 1. The highest BCUT2D eigenvalue weighted by atomic mass is 79.9. The molecule has 0 spiro atoms. The average Bonchev–Trinajstić information content (AvgIpc) is 2.64. The van der Waals surface area contributed by atoms with Gasteiger partial charge in [-0.05, 0) is 42.3 Å². The third-order valence-corrected chi connectivity index (χ3v) is 4.41. The van der Waals surface area contributed by atoms with Crippen LogP contribution in [-0.2, 0) is 13.1 Å². The molecule has 0 aliphatic heterocycles. The number of nitrogens with one attached hydrogen (secondary N) is 2. The Kier molecular flexibility index (Phi) is 7.66. The van der Waals surface area contributed by atoms with Crippen molar-refractivity contribution in [2.45, 2.75) is 20.0 Å². The lowest BCUT2D eigenvalue weighted by atomic mass is 10.1. The molecule has 0 heterocycles. The average molecular weight is 417 g/mol. The topological polar surface area (TPSA) is 56.7 Å². The predicted octanol–water partition coefficient (Wildman–Crippen LogP) is 3.41. The fourth-order valence-corrected chi connectivity index (χ4v) is 2.85. The molecular weight excluding hydrogens is 392 g/mol. The van der Waals surface area contributed by atoms with Crippen molar-refractivity contribution in [3.8, 4) is 0 Å². The Morgan fingerprint density at radius 3 is 2.50 bits per heavy atom. The minimum atomic E-state index is -0.0499. The molecule has 0 unspecified atom stereocenters. The summed E-state index contributed by atoms with van der Waals surface area (Å²) in [6.07, 6.45) is 0. The number of carbonyl (C=O) groups is 1. The van der Waals surface area contributed by atoms with Gasteiger partial charge in [0.1, 0.15) is 0 Å². The van der Waals surface area contributed by atoms with Gasteiger partial charge in [-0.15, -0.1) is 0 Å². The molecule has 2 rings (SSSR count). The first-order valence-corrected chi connectivity index (χ1v) is 9.36. The van der Waals surface area contributed by atoms with Gasteiger partial charge < -0.3 is 15.5 Å². The summed E-state index contributed by atoms with van der Waals surface area (Å²) < 4.78 is 1.07. The highest BCUT2D eigenvalue weighted by Crippen LogP contribution is 2.12. The fraction of sp³-hybridized carbons (Fsp3) is 0.300. The maximum Gasteiger partial charge on any atom is 0.251 e. The normalized spacial score (nSPS) is 11.2. The Morgan fingerprint density at radius 1 is 1.12 bits per heavy atom. The van der Waals surface area contributed by atoms with Crippen molar-refractivity contribution in [3.05, 3.63) is 69.7 Å². The summed E-state index contributed by atoms with van der Waals surface area (Å²) in [6, 6.07) is 15.9. The van der Waals surface area contributed by atoms with E-state index in [1.807, 2.05) is 50.4 Å². The number of hydrogen-bond donors (Lipinski definition) is 2. The first-order chi connectivity index (χ1) is 12.5. The summed E-state index contributed by atoms with van der Waals surface area (Å²) in [4.78, 5) is 18.4. The fourth-order valence-electron chi connectivity index (χ4n) is 2.59. The van der Waals surface area contributed by atoms with Gasteiger partial charge in [-0.2, -0.15) is 0 Å². The molecule has 26 heavy (non-hydrogen) atoms. The van der Waals surface area contributed by atoms with Gasteiger partial charge >= 0.3 is 0 Å². The first-order valence-electron chi connectivity index (χ1n) is 8.57. The molecule has 2 N–H and O–H groups in total. The molecule has 6 heteroatoms. The Morgan fingerprint density at radius 2 is 1.85 bits per heavy atom. The maximum atomic E-state index is 12.0. The molecule has 1 amide bonds. The van der Waals surface area contributed by atoms with E-state index in [-0.39, 0.29) is 5.91 Å². The Bertz CT molecular complexity index is 759. The van der Waals surface area contributed by atoms with Gasteiger partial charge in [0.15, 0.2) is 5.96 Å². The molecule has 5 nitrogen and oxygen atoms in total. The van der Waals surface area contributed by atoms with E-state index in [0.717, 1.165) is 22.5 Å². The van der Waals surface area contributed by atoms with Crippen LogP contribution in [0.2, 0.25) is 0 Å². The number of hydrogen-bond acceptors (Lipinski definition) is 2. The van der Waals surface area contributed by atoms with Gasteiger partial charge in [-0.1, -0.05) is 40.2 Å². The van der Waals surface area contributed by atoms with Gasteiger partial charge in [0.05, 0.1) is 0 Å². The van der Waals surface area contributed by atoms with E-state index in [4.69, 9.17) is 0 Å². The van der Waals surface area contributed by atoms with Gasteiger partial charge in [0, 0.05) is 43.8 Å². The van der Waals surface area contributed by atoms with Crippen LogP contribution in [0.1, 0.15) is 28.4 Å². The number of guanidine groups is 1. The molecule has 0 aliphatic carbocycles. The molecule has 0 saturated carbocycles. The summed E-state index contributed by atoms with van der Waals surface area (Å²) >= 11 is 3.45. The number of benzene rings is 2. The lowest BCUT2D eigenvalue weighted by Gasteiger charge is -2.22. The second-order valence-electron chi connectivity index (χ2n) is 5.94. The van der Waals surface area contributed by atoms with Crippen molar-refractivity contribution in [1.82, 2.24) is 15.5 Å². The van der Waals surface area contributed by atoms with Crippen LogP contribution in [-0.4, -0.2) is 37.4 Å². The minimum Gasteiger partial charge on any atom is -0.352 e. The van der Waals surface area contributed by atoms with Crippen LogP contribution >= 0.6 is 15.9 Å². The molecular formula is C20H25BrN4O. The molecule has 0 fully saturated rings. The van der Waals surface area contributed by atoms with Crippen molar-refractivity contribution in [1.29, 1.82) is 0 Å². The maximum absolute atomic E-state index is 12.0. The van der Waals surface area contributed by atoms with Crippen LogP contribution in [0.5, 0.6) is 0 Å². The zero-order valence-corrected chi connectivity index (χ0v) is 17.0. The summed E-state index contributed by atoms with van der Waals surface area (Å²) in [7, 11) is 3.77.